The van der Waals surface area contributed by atoms with Gasteiger partial charge in [0.15, 0.2) is 0 Å². The molecule has 0 fully saturated rings. The van der Waals surface area contributed by atoms with Crippen molar-refractivity contribution in [3.05, 3.63) is 24.3 Å². The van der Waals surface area contributed by atoms with Gasteiger partial charge >= 0.3 is 0 Å². The van der Waals surface area contributed by atoms with Crippen molar-refractivity contribution in [1.82, 2.24) is 4.90 Å². The molecular formula is C17H26N2O3. The van der Waals surface area contributed by atoms with Crippen molar-refractivity contribution in [3.63, 3.8) is 0 Å². The summed E-state index contributed by atoms with van der Waals surface area (Å²) in [6.45, 7) is 8.53. The molecule has 1 N–H and O–H groups in total. The number of nitrogens with one attached hydrogen (secondary N) is 1. The Morgan fingerprint density at radius 3 is 2.36 bits per heavy atom. The molecule has 1 aromatic carbocycles. The zero-order valence-electron chi connectivity index (χ0n) is 13.9. The van der Waals surface area contributed by atoms with E-state index in [9.17, 15) is 9.59 Å². The van der Waals surface area contributed by atoms with Crippen LogP contribution >= 0.6 is 0 Å². The van der Waals surface area contributed by atoms with E-state index in [1.807, 2.05) is 32.9 Å². The van der Waals surface area contributed by atoms with Gasteiger partial charge in [-0.2, -0.15) is 0 Å². The molecule has 122 valence electrons. The first-order chi connectivity index (χ1) is 10.5. The Morgan fingerprint density at radius 1 is 1.23 bits per heavy atom. The Hall–Kier alpha value is -2.04. The molecule has 2 amide bonds. The Bertz CT molecular complexity index is 485. The Balaban J connectivity index is 2.49. The molecule has 0 saturated heterocycles. The van der Waals surface area contributed by atoms with Gasteiger partial charge in [-0.3, -0.25) is 9.59 Å². The van der Waals surface area contributed by atoms with E-state index in [-0.39, 0.29) is 24.3 Å². The van der Waals surface area contributed by atoms with Gasteiger partial charge in [-0.25, -0.2) is 0 Å². The van der Waals surface area contributed by atoms with E-state index in [1.54, 1.807) is 17.0 Å². The van der Waals surface area contributed by atoms with Crippen molar-refractivity contribution < 1.29 is 14.3 Å². The summed E-state index contributed by atoms with van der Waals surface area (Å²) < 4.78 is 5.35. The van der Waals surface area contributed by atoms with Gasteiger partial charge in [0.25, 0.3) is 0 Å². The first-order valence-corrected chi connectivity index (χ1v) is 7.77. The Kier molecular flexibility index (Phi) is 7.43. The molecule has 0 heterocycles. The Labute approximate surface area is 132 Å². The third-order valence-corrected chi connectivity index (χ3v) is 3.56. The number of amides is 2. The topological polar surface area (TPSA) is 58.6 Å². The van der Waals surface area contributed by atoms with Crippen molar-refractivity contribution in [2.24, 2.45) is 0 Å². The third-order valence-electron chi connectivity index (χ3n) is 3.56. The van der Waals surface area contributed by atoms with Gasteiger partial charge in [-0.15, -0.1) is 0 Å². The van der Waals surface area contributed by atoms with E-state index in [2.05, 4.69) is 5.32 Å². The van der Waals surface area contributed by atoms with Crippen LogP contribution in [0.2, 0.25) is 0 Å². The highest BCUT2D eigenvalue weighted by molar-refractivity contribution is 5.91. The molecule has 1 aromatic rings. The van der Waals surface area contributed by atoms with E-state index >= 15 is 0 Å². The fourth-order valence-electron chi connectivity index (χ4n) is 2.16. The highest BCUT2D eigenvalue weighted by Gasteiger charge is 2.16. The standard InChI is InChI=1S/C17H26N2O3/c1-5-13(3)19(14(4)20)12-11-17(21)18-15-7-9-16(10-8-15)22-6-2/h7-10,13H,5-6,11-12H2,1-4H3,(H,18,21). The van der Waals surface area contributed by atoms with Crippen LogP contribution in [0.5, 0.6) is 5.75 Å². The second-order valence-electron chi connectivity index (χ2n) is 5.23. The van der Waals surface area contributed by atoms with Crippen LogP contribution in [0.3, 0.4) is 0 Å². The lowest BCUT2D eigenvalue weighted by Crippen LogP contribution is -2.38. The molecular weight excluding hydrogens is 280 g/mol. The largest absolute Gasteiger partial charge is 0.494 e. The summed E-state index contributed by atoms with van der Waals surface area (Å²) in [6.07, 6.45) is 1.16. The summed E-state index contributed by atoms with van der Waals surface area (Å²) in [4.78, 5) is 25.3. The fourth-order valence-corrected chi connectivity index (χ4v) is 2.16. The minimum Gasteiger partial charge on any atom is -0.494 e. The van der Waals surface area contributed by atoms with E-state index in [0.717, 1.165) is 17.9 Å². The minimum absolute atomic E-state index is 0.00298. The molecule has 22 heavy (non-hydrogen) atoms. The van der Waals surface area contributed by atoms with E-state index < -0.39 is 0 Å². The smallest absolute Gasteiger partial charge is 0.226 e. The van der Waals surface area contributed by atoms with E-state index in [1.165, 1.54) is 6.92 Å². The zero-order chi connectivity index (χ0) is 16.5. The van der Waals surface area contributed by atoms with Gasteiger partial charge in [0.1, 0.15) is 5.75 Å². The summed E-state index contributed by atoms with van der Waals surface area (Å²) in [5, 5.41) is 2.83. The van der Waals surface area contributed by atoms with Crippen molar-refractivity contribution >= 4 is 17.5 Å². The quantitative estimate of drug-likeness (QED) is 0.803. The maximum Gasteiger partial charge on any atom is 0.226 e. The summed E-state index contributed by atoms with van der Waals surface area (Å²) in [6, 6.07) is 7.40. The predicted octanol–water partition coefficient (Wildman–Crippen LogP) is 3.06. The van der Waals surface area contributed by atoms with Crippen LogP contribution in [0, 0.1) is 0 Å². The third kappa shape index (κ3) is 5.76. The summed E-state index contributed by atoms with van der Waals surface area (Å²) in [5.41, 5.74) is 0.728. The molecule has 0 saturated carbocycles. The molecule has 0 radical (unpaired) electrons. The van der Waals surface area contributed by atoms with Crippen LogP contribution in [0.4, 0.5) is 5.69 Å². The molecule has 1 rings (SSSR count). The summed E-state index contributed by atoms with van der Waals surface area (Å²) in [7, 11) is 0. The van der Waals surface area contributed by atoms with Crippen LogP contribution in [-0.4, -0.2) is 35.9 Å². The maximum atomic E-state index is 12.0. The number of carbonyl (C=O) groups is 2. The van der Waals surface area contributed by atoms with Crippen LogP contribution in [0.25, 0.3) is 0 Å². The number of carbonyl (C=O) groups excluding carboxylic acids is 2. The van der Waals surface area contributed by atoms with Gasteiger partial charge < -0.3 is 15.0 Å². The number of hydrogen-bond acceptors (Lipinski definition) is 3. The molecule has 1 unspecified atom stereocenters. The average Bonchev–Trinajstić information content (AvgIpc) is 2.49. The number of anilines is 1. The molecule has 0 aliphatic rings. The lowest BCUT2D eigenvalue weighted by molar-refractivity contribution is -0.131. The fraction of sp³-hybridized carbons (Fsp3) is 0.529. The van der Waals surface area contributed by atoms with Crippen molar-refractivity contribution in [1.29, 1.82) is 0 Å². The van der Waals surface area contributed by atoms with Gasteiger partial charge in [0.2, 0.25) is 11.8 Å². The van der Waals surface area contributed by atoms with Crippen molar-refractivity contribution in [3.8, 4) is 5.75 Å². The van der Waals surface area contributed by atoms with Gasteiger partial charge in [0.05, 0.1) is 6.61 Å². The summed E-state index contributed by atoms with van der Waals surface area (Å²) >= 11 is 0. The predicted molar refractivity (Wildman–Crippen MR) is 88.0 cm³/mol. The van der Waals surface area contributed by atoms with Gasteiger partial charge in [0, 0.05) is 31.6 Å². The highest BCUT2D eigenvalue weighted by atomic mass is 16.5. The van der Waals surface area contributed by atoms with Crippen LogP contribution in [-0.2, 0) is 9.59 Å². The lowest BCUT2D eigenvalue weighted by Gasteiger charge is -2.27. The molecule has 5 nitrogen and oxygen atoms in total. The molecule has 1 atom stereocenters. The normalized spacial score (nSPS) is 11.6. The first-order valence-electron chi connectivity index (χ1n) is 7.77. The highest BCUT2D eigenvalue weighted by Crippen LogP contribution is 2.16. The van der Waals surface area contributed by atoms with Crippen LogP contribution < -0.4 is 10.1 Å². The van der Waals surface area contributed by atoms with Crippen LogP contribution in [0.1, 0.15) is 40.5 Å². The second kappa shape index (κ2) is 9.07. The monoisotopic (exact) mass is 306 g/mol. The first kappa shape index (κ1) is 18.0. The molecule has 0 aromatic heterocycles. The van der Waals surface area contributed by atoms with E-state index in [0.29, 0.717) is 13.2 Å². The number of hydrogen-bond donors (Lipinski definition) is 1. The number of ether oxygens (including phenoxy) is 1. The SMILES string of the molecule is CCOc1ccc(NC(=O)CCN(C(C)=O)C(C)CC)cc1. The Morgan fingerprint density at radius 2 is 1.86 bits per heavy atom. The van der Waals surface area contributed by atoms with Crippen LogP contribution in [0.15, 0.2) is 24.3 Å². The number of benzene rings is 1. The molecule has 0 aliphatic heterocycles. The van der Waals surface area contributed by atoms with Gasteiger partial charge in [-0.05, 0) is 44.5 Å². The summed E-state index contributed by atoms with van der Waals surface area (Å²) in [5.74, 6) is 0.682. The average molecular weight is 306 g/mol. The maximum absolute atomic E-state index is 12.0. The molecule has 0 bridgehead atoms. The zero-order valence-corrected chi connectivity index (χ0v) is 13.9. The van der Waals surface area contributed by atoms with Crippen molar-refractivity contribution in [2.45, 2.75) is 46.6 Å². The minimum atomic E-state index is -0.0984. The number of rotatable bonds is 8. The molecule has 0 spiro atoms. The van der Waals surface area contributed by atoms with E-state index in [4.69, 9.17) is 4.74 Å². The molecule has 5 heteroatoms. The molecule has 0 aliphatic carbocycles. The second-order valence-corrected chi connectivity index (χ2v) is 5.23. The lowest BCUT2D eigenvalue weighted by atomic mass is 10.2. The number of nitrogens with zero attached hydrogens (tertiary/aromatic N) is 1. The van der Waals surface area contributed by atoms with Crippen molar-refractivity contribution in [2.75, 3.05) is 18.5 Å². The van der Waals surface area contributed by atoms with Gasteiger partial charge in [-0.1, -0.05) is 6.92 Å².